The van der Waals surface area contributed by atoms with Gasteiger partial charge in [0.1, 0.15) is 30.1 Å². The average molecular weight is 514 g/mol. The van der Waals surface area contributed by atoms with Gasteiger partial charge in [-0.25, -0.2) is 9.37 Å². The van der Waals surface area contributed by atoms with Crippen LogP contribution in [0.1, 0.15) is 28.8 Å². The van der Waals surface area contributed by atoms with Gasteiger partial charge < -0.3 is 19.7 Å². The Balaban J connectivity index is 1.53. The number of nitrogens with one attached hydrogen (secondary N) is 1. The van der Waals surface area contributed by atoms with Crippen molar-refractivity contribution in [1.82, 2.24) is 4.98 Å². The molecule has 1 aliphatic heterocycles. The molecule has 0 saturated carbocycles. The Morgan fingerprint density at radius 3 is 2.58 bits per heavy atom. The summed E-state index contributed by atoms with van der Waals surface area (Å²) in [6.45, 7) is 7.67. The smallest absolute Gasteiger partial charge is 0.145 e. The standard InChI is InChI=1S/C26H29BrFN3O2/c1-16-5-10-24(33-15-19-6-8-21(32-4)9-7-19)17(2)25(16)30-26-22(27)13-23(18(3)29-26)31-12-11-20(28)14-31/h5-10,13,20H,11-12,14-15H2,1-4H3,(H,29,30)/t20-/m1/s1. The van der Waals surface area contributed by atoms with Crippen LogP contribution < -0.4 is 19.7 Å². The maximum absolute atomic E-state index is 13.7. The molecule has 2 heterocycles. The van der Waals surface area contributed by atoms with Crippen molar-refractivity contribution in [2.24, 2.45) is 0 Å². The highest BCUT2D eigenvalue weighted by Crippen LogP contribution is 2.36. The van der Waals surface area contributed by atoms with Crippen LogP contribution in [0.3, 0.4) is 0 Å². The number of methoxy groups -OCH3 is 1. The molecule has 174 valence electrons. The van der Waals surface area contributed by atoms with Crippen LogP contribution in [0.5, 0.6) is 11.5 Å². The molecule has 4 rings (SSSR count). The molecule has 1 saturated heterocycles. The van der Waals surface area contributed by atoms with Crippen molar-refractivity contribution in [2.75, 3.05) is 30.4 Å². The lowest BCUT2D eigenvalue weighted by Crippen LogP contribution is -2.21. The number of ether oxygens (including phenoxy) is 2. The van der Waals surface area contributed by atoms with Gasteiger partial charge in [0, 0.05) is 24.3 Å². The maximum Gasteiger partial charge on any atom is 0.145 e. The van der Waals surface area contributed by atoms with Crippen LogP contribution in [0.25, 0.3) is 0 Å². The third-order valence-electron chi connectivity index (χ3n) is 6.03. The highest BCUT2D eigenvalue weighted by atomic mass is 79.9. The molecule has 7 heteroatoms. The number of hydrogen-bond donors (Lipinski definition) is 1. The lowest BCUT2D eigenvalue weighted by Gasteiger charge is -2.22. The van der Waals surface area contributed by atoms with Crippen molar-refractivity contribution in [1.29, 1.82) is 0 Å². The molecular formula is C26H29BrFN3O2. The van der Waals surface area contributed by atoms with Crippen molar-refractivity contribution in [2.45, 2.75) is 40.0 Å². The second-order valence-electron chi connectivity index (χ2n) is 8.40. The number of aromatic nitrogens is 1. The minimum atomic E-state index is -0.771. The zero-order valence-electron chi connectivity index (χ0n) is 19.4. The van der Waals surface area contributed by atoms with Gasteiger partial charge in [-0.2, -0.15) is 0 Å². The third-order valence-corrected chi connectivity index (χ3v) is 6.64. The number of benzene rings is 2. The molecule has 5 nitrogen and oxygen atoms in total. The van der Waals surface area contributed by atoms with E-state index in [1.54, 1.807) is 7.11 Å². The Bertz CT molecular complexity index is 1140. The summed E-state index contributed by atoms with van der Waals surface area (Å²) in [6.07, 6.45) is -0.203. The van der Waals surface area contributed by atoms with E-state index in [2.05, 4.69) is 33.1 Å². The van der Waals surface area contributed by atoms with Crippen LogP contribution >= 0.6 is 15.9 Å². The first-order valence-electron chi connectivity index (χ1n) is 11.0. The molecule has 1 N–H and O–H groups in total. The highest BCUT2D eigenvalue weighted by molar-refractivity contribution is 9.10. The van der Waals surface area contributed by atoms with E-state index in [1.807, 2.05) is 56.3 Å². The first-order valence-corrected chi connectivity index (χ1v) is 11.8. The van der Waals surface area contributed by atoms with Gasteiger partial charge in [0.25, 0.3) is 0 Å². The summed E-state index contributed by atoms with van der Waals surface area (Å²) in [7, 11) is 1.66. The predicted molar refractivity (Wildman–Crippen MR) is 135 cm³/mol. The normalized spacial score (nSPS) is 15.6. The molecule has 1 fully saturated rings. The van der Waals surface area contributed by atoms with Gasteiger partial charge in [0.15, 0.2) is 0 Å². The Morgan fingerprint density at radius 1 is 1.15 bits per heavy atom. The second kappa shape index (κ2) is 10.00. The summed E-state index contributed by atoms with van der Waals surface area (Å²) >= 11 is 3.65. The van der Waals surface area contributed by atoms with Crippen LogP contribution in [-0.4, -0.2) is 31.4 Å². The van der Waals surface area contributed by atoms with E-state index in [1.165, 1.54) is 0 Å². The summed E-state index contributed by atoms with van der Waals surface area (Å²) in [5.74, 6) is 2.37. The van der Waals surface area contributed by atoms with Gasteiger partial charge in [-0.1, -0.05) is 18.2 Å². The van der Waals surface area contributed by atoms with Crippen LogP contribution in [0.4, 0.5) is 21.6 Å². The zero-order chi connectivity index (χ0) is 23.5. The van der Waals surface area contributed by atoms with Crippen molar-refractivity contribution in [3.05, 3.63) is 69.3 Å². The van der Waals surface area contributed by atoms with Crippen molar-refractivity contribution < 1.29 is 13.9 Å². The molecule has 33 heavy (non-hydrogen) atoms. The average Bonchev–Trinajstić information content (AvgIpc) is 3.24. The fourth-order valence-corrected chi connectivity index (χ4v) is 4.50. The van der Waals surface area contributed by atoms with E-state index in [0.717, 1.165) is 55.5 Å². The van der Waals surface area contributed by atoms with E-state index in [4.69, 9.17) is 14.5 Å². The van der Waals surface area contributed by atoms with E-state index in [9.17, 15) is 4.39 Å². The summed E-state index contributed by atoms with van der Waals surface area (Å²) in [5.41, 5.74) is 5.99. The largest absolute Gasteiger partial charge is 0.497 e. The van der Waals surface area contributed by atoms with E-state index in [-0.39, 0.29) is 0 Å². The Kier molecular flexibility index (Phi) is 7.08. The van der Waals surface area contributed by atoms with E-state index < -0.39 is 6.17 Å². The highest BCUT2D eigenvalue weighted by Gasteiger charge is 2.24. The van der Waals surface area contributed by atoms with Gasteiger partial charge >= 0.3 is 0 Å². The molecule has 1 aromatic heterocycles. The van der Waals surface area contributed by atoms with Gasteiger partial charge in [0.05, 0.1) is 23.0 Å². The number of pyridine rings is 1. The summed E-state index contributed by atoms with van der Waals surface area (Å²) in [5, 5.41) is 3.48. The van der Waals surface area contributed by atoms with Crippen molar-refractivity contribution in [3.63, 3.8) is 0 Å². The fourth-order valence-electron chi connectivity index (χ4n) is 4.09. The number of nitrogens with zero attached hydrogens (tertiary/aromatic N) is 2. The molecular weight excluding hydrogens is 485 g/mol. The van der Waals surface area contributed by atoms with Gasteiger partial charge in [-0.15, -0.1) is 0 Å². The number of hydrogen-bond acceptors (Lipinski definition) is 5. The van der Waals surface area contributed by atoms with Crippen LogP contribution in [-0.2, 0) is 6.61 Å². The number of rotatable bonds is 7. The fraction of sp³-hybridized carbons (Fsp3) is 0.346. The molecule has 0 radical (unpaired) electrons. The van der Waals surface area contributed by atoms with Crippen LogP contribution in [0.15, 0.2) is 46.9 Å². The molecule has 1 aliphatic rings. The monoisotopic (exact) mass is 513 g/mol. The second-order valence-corrected chi connectivity index (χ2v) is 9.25. The molecule has 0 bridgehead atoms. The molecule has 1 atom stereocenters. The number of alkyl halides is 1. The Labute approximate surface area is 203 Å². The maximum atomic E-state index is 13.7. The number of aryl methyl sites for hydroxylation is 2. The van der Waals surface area contributed by atoms with E-state index in [0.29, 0.717) is 26.1 Å². The first kappa shape index (κ1) is 23.4. The predicted octanol–water partition coefficient (Wildman–Crippen LogP) is 6.65. The van der Waals surface area contributed by atoms with E-state index >= 15 is 0 Å². The minimum absolute atomic E-state index is 0.424. The molecule has 3 aromatic rings. The zero-order valence-corrected chi connectivity index (χ0v) is 21.0. The SMILES string of the molecule is COc1ccc(COc2ccc(C)c(Nc3nc(C)c(N4CC[C@@H](F)C4)cc3Br)c2C)cc1. The van der Waals surface area contributed by atoms with Crippen LogP contribution in [0, 0.1) is 20.8 Å². The molecule has 0 unspecified atom stereocenters. The first-order chi connectivity index (χ1) is 15.9. The Hall–Kier alpha value is -2.80. The van der Waals surface area contributed by atoms with Crippen LogP contribution in [0.2, 0.25) is 0 Å². The lowest BCUT2D eigenvalue weighted by molar-refractivity contribution is 0.304. The minimum Gasteiger partial charge on any atom is -0.497 e. The summed E-state index contributed by atoms with van der Waals surface area (Å²) < 4.78 is 25.9. The third kappa shape index (κ3) is 5.24. The summed E-state index contributed by atoms with van der Waals surface area (Å²) in [6, 6.07) is 13.9. The van der Waals surface area contributed by atoms with Crippen molar-refractivity contribution in [3.8, 4) is 11.5 Å². The van der Waals surface area contributed by atoms with Gasteiger partial charge in [0.2, 0.25) is 0 Å². The molecule has 0 aliphatic carbocycles. The quantitative estimate of drug-likeness (QED) is 0.383. The number of anilines is 3. The molecule has 0 amide bonds. The topological polar surface area (TPSA) is 46.6 Å². The molecule has 0 spiro atoms. The lowest BCUT2D eigenvalue weighted by atomic mass is 10.1. The van der Waals surface area contributed by atoms with Crippen molar-refractivity contribution >= 4 is 33.1 Å². The Morgan fingerprint density at radius 2 is 1.91 bits per heavy atom. The molecule has 2 aromatic carbocycles. The van der Waals surface area contributed by atoms with Gasteiger partial charge in [-0.05, 0) is 78.5 Å². The van der Waals surface area contributed by atoms with Gasteiger partial charge in [-0.3, -0.25) is 0 Å². The summed E-state index contributed by atoms with van der Waals surface area (Å²) in [4.78, 5) is 6.85. The number of halogens is 2.